The Morgan fingerprint density at radius 2 is 2.10 bits per heavy atom. The van der Waals surface area contributed by atoms with Crippen molar-refractivity contribution < 1.29 is 4.79 Å². The summed E-state index contributed by atoms with van der Waals surface area (Å²) in [6.07, 6.45) is 4.64. The molecule has 0 radical (unpaired) electrons. The lowest BCUT2D eigenvalue weighted by Crippen LogP contribution is -2.36. The maximum absolute atomic E-state index is 11.9. The summed E-state index contributed by atoms with van der Waals surface area (Å²) in [6, 6.07) is 10.6. The number of unbranched alkanes of at least 4 members (excludes halogenated alkanes) is 2. The fourth-order valence-corrected chi connectivity index (χ4v) is 2.84. The third-order valence-electron chi connectivity index (χ3n) is 4.01. The van der Waals surface area contributed by atoms with Gasteiger partial charge in [-0.25, -0.2) is 0 Å². The summed E-state index contributed by atoms with van der Waals surface area (Å²) in [5, 5.41) is 3.02. The molecular formula is C17H26N2O. The van der Waals surface area contributed by atoms with Crippen molar-refractivity contribution in [1.29, 1.82) is 0 Å². The Bertz CT molecular complexity index is 405. The van der Waals surface area contributed by atoms with E-state index in [1.54, 1.807) is 0 Å². The highest BCUT2D eigenvalue weighted by atomic mass is 16.2. The van der Waals surface area contributed by atoms with Gasteiger partial charge in [-0.3, -0.25) is 9.69 Å². The molecule has 0 saturated carbocycles. The molecule has 110 valence electrons. The van der Waals surface area contributed by atoms with Gasteiger partial charge in [0.1, 0.15) is 0 Å². The summed E-state index contributed by atoms with van der Waals surface area (Å²) in [4.78, 5) is 14.1. The minimum absolute atomic E-state index is 0.176. The Kier molecular flexibility index (Phi) is 6.06. The Morgan fingerprint density at radius 1 is 1.30 bits per heavy atom. The summed E-state index contributed by atoms with van der Waals surface area (Å²) in [6.45, 7) is 5.59. The topological polar surface area (TPSA) is 32.3 Å². The molecule has 1 amide bonds. The molecule has 1 saturated heterocycles. The molecule has 1 fully saturated rings. The first-order valence-corrected chi connectivity index (χ1v) is 7.83. The summed E-state index contributed by atoms with van der Waals surface area (Å²) in [5.41, 5.74) is 1.40. The highest BCUT2D eigenvalue weighted by Crippen LogP contribution is 2.26. The third kappa shape index (κ3) is 4.64. The standard InChI is InChI=1S/C17H26N2O/c1-2-3-7-11-18-17(20)14-19-12-10-16(13-19)15-8-5-4-6-9-15/h4-6,8-9,16H,2-3,7,10-14H2,1H3,(H,18,20)/t16-/m1/s1. The van der Waals surface area contributed by atoms with Gasteiger partial charge in [-0.2, -0.15) is 0 Å². The van der Waals surface area contributed by atoms with E-state index in [0.717, 1.165) is 32.5 Å². The van der Waals surface area contributed by atoms with E-state index in [2.05, 4.69) is 47.5 Å². The van der Waals surface area contributed by atoms with Crippen molar-refractivity contribution in [2.75, 3.05) is 26.2 Å². The largest absolute Gasteiger partial charge is 0.355 e. The highest BCUT2D eigenvalue weighted by molar-refractivity contribution is 5.78. The van der Waals surface area contributed by atoms with E-state index < -0.39 is 0 Å². The molecule has 1 atom stereocenters. The summed E-state index contributed by atoms with van der Waals surface area (Å²) >= 11 is 0. The van der Waals surface area contributed by atoms with Crippen molar-refractivity contribution in [2.45, 2.75) is 38.5 Å². The predicted molar refractivity (Wildman–Crippen MR) is 82.8 cm³/mol. The second-order valence-corrected chi connectivity index (χ2v) is 5.69. The lowest BCUT2D eigenvalue weighted by Gasteiger charge is -2.16. The average molecular weight is 274 g/mol. The van der Waals surface area contributed by atoms with Crippen molar-refractivity contribution >= 4 is 5.91 Å². The van der Waals surface area contributed by atoms with E-state index >= 15 is 0 Å². The number of nitrogens with zero attached hydrogens (tertiary/aromatic N) is 1. The van der Waals surface area contributed by atoms with Crippen LogP contribution in [-0.2, 0) is 4.79 Å². The van der Waals surface area contributed by atoms with Gasteiger partial charge < -0.3 is 5.32 Å². The summed E-state index contributed by atoms with van der Waals surface area (Å²) in [7, 11) is 0. The molecule has 0 spiro atoms. The average Bonchev–Trinajstić information content (AvgIpc) is 2.93. The van der Waals surface area contributed by atoms with Crippen molar-refractivity contribution in [2.24, 2.45) is 0 Å². The third-order valence-corrected chi connectivity index (χ3v) is 4.01. The normalized spacial score (nSPS) is 19.1. The van der Waals surface area contributed by atoms with Crippen LogP contribution < -0.4 is 5.32 Å². The first-order chi connectivity index (χ1) is 9.79. The molecule has 3 nitrogen and oxygen atoms in total. The second kappa shape index (κ2) is 8.05. The zero-order valence-corrected chi connectivity index (χ0v) is 12.5. The van der Waals surface area contributed by atoms with E-state index in [4.69, 9.17) is 0 Å². The number of carbonyl (C=O) groups excluding carboxylic acids is 1. The van der Waals surface area contributed by atoms with Gasteiger partial charge >= 0.3 is 0 Å². The Balaban J connectivity index is 1.69. The molecule has 20 heavy (non-hydrogen) atoms. The molecule has 1 N–H and O–H groups in total. The maximum Gasteiger partial charge on any atom is 0.234 e. The van der Waals surface area contributed by atoms with Crippen LogP contribution in [0.15, 0.2) is 30.3 Å². The van der Waals surface area contributed by atoms with Crippen LogP contribution in [0.25, 0.3) is 0 Å². The van der Waals surface area contributed by atoms with Crippen LogP contribution in [0.4, 0.5) is 0 Å². The van der Waals surface area contributed by atoms with Crippen LogP contribution in [0.5, 0.6) is 0 Å². The van der Waals surface area contributed by atoms with Crippen LogP contribution in [0, 0.1) is 0 Å². The molecule has 0 aliphatic carbocycles. The Hall–Kier alpha value is -1.35. The zero-order chi connectivity index (χ0) is 14.2. The van der Waals surface area contributed by atoms with Crippen LogP contribution in [0.2, 0.25) is 0 Å². The monoisotopic (exact) mass is 274 g/mol. The molecule has 1 heterocycles. The van der Waals surface area contributed by atoms with E-state index in [9.17, 15) is 4.79 Å². The number of likely N-dealkylation sites (tertiary alicyclic amines) is 1. The molecule has 1 aromatic carbocycles. The fraction of sp³-hybridized carbons (Fsp3) is 0.588. The molecule has 1 aliphatic heterocycles. The van der Waals surface area contributed by atoms with Crippen LogP contribution in [0.3, 0.4) is 0 Å². The van der Waals surface area contributed by atoms with Crippen molar-refractivity contribution in [3.8, 4) is 0 Å². The van der Waals surface area contributed by atoms with Crippen molar-refractivity contribution in [1.82, 2.24) is 10.2 Å². The van der Waals surface area contributed by atoms with Gasteiger partial charge in [0.2, 0.25) is 5.91 Å². The van der Waals surface area contributed by atoms with Gasteiger partial charge in [-0.05, 0) is 30.9 Å². The second-order valence-electron chi connectivity index (χ2n) is 5.69. The number of benzene rings is 1. The molecular weight excluding hydrogens is 248 g/mol. The number of nitrogens with one attached hydrogen (secondary N) is 1. The number of hydrogen-bond acceptors (Lipinski definition) is 2. The Morgan fingerprint density at radius 3 is 2.85 bits per heavy atom. The first-order valence-electron chi connectivity index (χ1n) is 7.83. The van der Waals surface area contributed by atoms with Crippen LogP contribution in [0.1, 0.15) is 44.1 Å². The van der Waals surface area contributed by atoms with E-state index in [0.29, 0.717) is 12.5 Å². The number of amides is 1. The molecule has 0 aromatic heterocycles. The van der Waals surface area contributed by atoms with Gasteiger partial charge in [-0.15, -0.1) is 0 Å². The van der Waals surface area contributed by atoms with Crippen LogP contribution >= 0.6 is 0 Å². The molecule has 0 bridgehead atoms. The molecule has 1 aromatic rings. The van der Waals surface area contributed by atoms with E-state index in [-0.39, 0.29) is 5.91 Å². The summed E-state index contributed by atoms with van der Waals surface area (Å²) < 4.78 is 0. The maximum atomic E-state index is 11.9. The minimum atomic E-state index is 0.176. The lowest BCUT2D eigenvalue weighted by atomic mass is 9.99. The zero-order valence-electron chi connectivity index (χ0n) is 12.5. The van der Waals surface area contributed by atoms with Crippen molar-refractivity contribution in [3.63, 3.8) is 0 Å². The minimum Gasteiger partial charge on any atom is -0.355 e. The number of hydrogen-bond donors (Lipinski definition) is 1. The molecule has 0 unspecified atom stereocenters. The van der Waals surface area contributed by atoms with Gasteiger partial charge in [0.05, 0.1) is 6.54 Å². The SMILES string of the molecule is CCCCCNC(=O)CN1CC[C@@H](c2ccccc2)C1. The molecule has 3 heteroatoms. The molecule has 2 rings (SSSR count). The molecule has 1 aliphatic rings. The quantitative estimate of drug-likeness (QED) is 0.775. The number of rotatable bonds is 7. The predicted octanol–water partition coefficient (Wildman–Crippen LogP) is 2.78. The van der Waals surface area contributed by atoms with E-state index in [1.807, 2.05) is 0 Å². The fourth-order valence-electron chi connectivity index (χ4n) is 2.84. The lowest BCUT2D eigenvalue weighted by molar-refractivity contribution is -0.122. The van der Waals surface area contributed by atoms with Gasteiger partial charge in [0.15, 0.2) is 0 Å². The highest BCUT2D eigenvalue weighted by Gasteiger charge is 2.24. The number of carbonyl (C=O) groups is 1. The van der Waals surface area contributed by atoms with Gasteiger partial charge in [0, 0.05) is 13.1 Å². The van der Waals surface area contributed by atoms with Gasteiger partial charge in [-0.1, -0.05) is 50.1 Å². The van der Waals surface area contributed by atoms with Gasteiger partial charge in [0.25, 0.3) is 0 Å². The first kappa shape index (κ1) is 15.0. The summed E-state index contributed by atoms with van der Waals surface area (Å²) in [5.74, 6) is 0.763. The van der Waals surface area contributed by atoms with Crippen LogP contribution in [-0.4, -0.2) is 37.0 Å². The Labute approximate surface area is 122 Å². The smallest absolute Gasteiger partial charge is 0.234 e. The van der Waals surface area contributed by atoms with E-state index in [1.165, 1.54) is 18.4 Å². The van der Waals surface area contributed by atoms with Crippen molar-refractivity contribution in [3.05, 3.63) is 35.9 Å².